The molecule has 104 valence electrons. The van der Waals surface area contributed by atoms with Crippen molar-refractivity contribution in [3.8, 4) is 11.8 Å². The zero-order valence-corrected chi connectivity index (χ0v) is 12.7. The summed E-state index contributed by atoms with van der Waals surface area (Å²) in [6, 6.07) is 10.2. The highest BCUT2D eigenvalue weighted by Gasteiger charge is 2.06. The summed E-state index contributed by atoms with van der Waals surface area (Å²) in [7, 11) is 0. The molecule has 0 aliphatic carbocycles. The molecule has 1 aromatic rings. The van der Waals surface area contributed by atoms with E-state index in [-0.39, 0.29) is 6.61 Å². The molecule has 0 amide bonds. The number of hydrogen-bond donors (Lipinski definition) is 1. The molecule has 1 aromatic carbocycles. The lowest BCUT2D eigenvalue weighted by Gasteiger charge is -2.16. The van der Waals surface area contributed by atoms with Crippen molar-refractivity contribution in [2.45, 2.75) is 31.6 Å². The Kier molecular flexibility index (Phi) is 7.39. The summed E-state index contributed by atoms with van der Waals surface area (Å²) in [6.07, 6.45) is 3.32. The van der Waals surface area contributed by atoms with Gasteiger partial charge in [-0.05, 0) is 43.8 Å². The van der Waals surface area contributed by atoms with Crippen LogP contribution in [-0.4, -0.2) is 24.7 Å². The van der Waals surface area contributed by atoms with Crippen molar-refractivity contribution in [1.82, 2.24) is 5.32 Å². The molecule has 0 aromatic heterocycles. The van der Waals surface area contributed by atoms with Crippen LogP contribution in [-0.2, 0) is 0 Å². The molecule has 0 aliphatic heterocycles. The number of hydrogen-bond acceptors (Lipinski definition) is 4. The molecule has 3 nitrogen and oxygen atoms in total. The SMILES string of the molecule is CSC(C)CCNC(C)c1ccc(OCC#N)cc1. The Bertz CT molecular complexity index is 400. The first-order valence-electron chi connectivity index (χ1n) is 6.53. The van der Waals surface area contributed by atoms with Crippen LogP contribution < -0.4 is 10.1 Å². The van der Waals surface area contributed by atoms with Gasteiger partial charge < -0.3 is 10.1 Å². The van der Waals surface area contributed by atoms with Crippen molar-refractivity contribution in [2.24, 2.45) is 0 Å². The molecule has 1 rings (SSSR count). The Morgan fingerprint density at radius 2 is 2.00 bits per heavy atom. The Labute approximate surface area is 120 Å². The highest BCUT2D eigenvalue weighted by Crippen LogP contribution is 2.18. The highest BCUT2D eigenvalue weighted by atomic mass is 32.2. The minimum atomic E-state index is 0.0969. The molecule has 0 fully saturated rings. The summed E-state index contributed by atoms with van der Waals surface area (Å²) in [6.45, 7) is 5.53. The molecule has 2 atom stereocenters. The van der Waals surface area contributed by atoms with Crippen LogP contribution in [0.5, 0.6) is 5.75 Å². The monoisotopic (exact) mass is 278 g/mol. The lowest BCUT2D eigenvalue weighted by Crippen LogP contribution is -2.21. The second-order valence-electron chi connectivity index (χ2n) is 4.53. The van der Waals surface area contributed by atoms with Crippen LogP contribution in [0, 0.1) is 11.3 Å². The second-order valence-corrected chi connectivity index (χ2v) is 5.80. The number of ether oxygens (including phenoxy) is 1. The number of nitriles is 1. The third kappa shape index (κ3) is 6.00. The predicted molar refractivity (Wildman–Crippen MR) is 81.6 cm³/mol. The largest absolute Gasteiger partial charge is 0.479 e. The zero-order chi connectivity index (χ0) is 14.1. The first-order valence-corrected chi connectivity index (χ1v) is 7.82. The number of rotatable bonds is 8. The first kappa shape index (κ1) is 15.9. The van der Waals surface area contributed by atoms with E-state index in [1.165, 1.54) is 12.0 Å². The Morgan fingerprint density at radius 3 is 2.58 bits per heavy atom. The molecule has 0 saturated heterocycles. The van der Waals surface area contributed by atoms with E-state index in [4.69, 9.17) is 10.00 Å². The molecule has 0 spiro atoms. The summed E-state index contributed by atoms with van der Waals surface area (Å²) in [5.74, 6) is 0.744. The molecule has 0 saturated carbocycles. The Balaban J connectivity index is 2.40. The van der Waals surface area contributed by atoms with Crippen molar-refractivity contribution in [3.63, 3.8) is 0 Å². The maximum atomic E-state index is 8.45. The summed E-state index contributed by atoms with van der Waals surface area (Å²) in [4.78, 5) is 0. The van der Waals surface area contributed by atoms with Crippen molar-refractivity contribution in [3.05, 3.63) is 29.8 Å². The molecule has 19 heavy (non-hydrogen) atoms. The molecule has 4 heteroatoms. The molecule has 0 heterocycles. The van der Waals surface area contributed by atoms with Crippen molar-refractivity contribution in [2.75, 3.05) is 19.4 Å². The van der Waals surface area contributed by atoms with Gasteiger partial charge in [0, 0.05) is 11.3 Å². The topological polar surface area (TPSA) is 45.0 Å². The van der Waals surface area contributed by atoms with Gasteiger partial charge in [0.2, 0.25) is 0 Å². The fourth-order valence-corrected chi connectivity index (χ4v) is 2.06. The smallest absolute Gasteiger partial charge is 0.174 e. The van der Waals surface area contributed by atoms with E-state index in [2.05, 4.69) is 25.4 Å². The number of thioether (sulfide) groups is 1. The van der Waals surface area contributed by atoms with E-state index >= 15 is 0 Å². The van der Waals surface area contributed by atoms with E-state index < -0.39 is 0 Å². The van der Waals surface area contributed by atoms with Gasteiger partial charge in [-0.25, -0.2) is 0 Å². The van der Waals surface area contributed by atoms with Gasteiger partial charge in [0.05, 0.1) is 0 Å². The van der Waals surface area contributed by atoms with Crippen LogP contribution >= 0.6 is 11.8 Å². The van der Waals surface area contributed by atoms with Gasteiger partial charge in [-0.3, -0.25) is 0 Å². The zero-order valence-electron chi connectivity index (χ0n) is 11.8. The molecule has 2 unspecified atom stereocenters. The molecule has 0 bridgehead atoms. The summed E-state index contributed by atoms with van der Waals surface area (Å²) in [5.41, 5.74) is 1.24. The summed E-state index contributed by atoms with van der Waals surface area (Å²) in [5, 5.41) is 12.7. The van der Waals surface area contributed by atoms with Crippen molar-refractivity contribution < 1.29 is 4.74 Å². The predicted octanol–water partition coefficient (Wildman–Crippen LogP) is 3.38. The second kappa shape index (κ2) is 8.84. The standard InChI is InChI=1S/C15H22N2OS/c1-12(19-3)8-10-17-13(2)14-4-6-15(7-5-14)18-11-9-16/h4-7,12-13,17H,8,10-11H2,1-3H3. The third-order valence-electron chi connectivity index (χ3n) is 3.09. The van der Waals surface area contributed by atoms with Gasteiger partial charge >= 0.3 is 0 Å². The summed E-state index contributed by atoms with van der Waals surface area (Å²) < 4.78 is 5.23. The van der Waals surface area contributed by atoms with Crippen LogP contribution in [0.15, 0.2) is 24.3 Å². The molecule has 0 radical (unpaired) electrons. The average molecular weight is 278 g/mol. The van der Waals surface area contributed by atoms with Crippen molar-refractivity contribution >= 4 is 11.8 Å². The highest BCUT2D eigenvalue weighted by molar-refractivity contribution is 7.99. The van der Waals surface area contributed by atoms with Crippen LogP contribution in [0.25, 0.3) is 0 Å². The minimum Gasteiger partial charge on any atom is -0.479 e. The van der Waals surface area contributed by atoms with E-state index in [0.717, 1.165) is 12.3 Å². The Morgan fingerprint density at radius 1 is 1.32 bits per heavy atom. The average Bonchev–Trinajstić information content (AvgIpc) is 2.45. The first-order chi connectivity index (χ1) is 9.17. The minimum absolute atomic E-state index is 0.0969. The van der Waals surface area contributed by atoms with Gasteiger partial charge in [0.25, 0.3) is 0 Å². The maximum absolute atomic E-state index is 8.45. The number of nitrogens with one attached hydrogen (secondary N) is 1. The fourth-order valence-electron chi connectivity index (χ4n) is 1.71. The van der Waals surface area contributed by atoms with E-state index in [0.29, 0.717) is 11.3 Å². The third-order valence-corrected chi connectivity index (χ3v) is 4.13. The van der Waals surface area contributed by atoms with E-state index in [1.54, 1.807) is 0 Å². The molecular formula is C15H22N2OS. The number of nitrogens with zero attached hydrogens (tertiary/aromatic N) is 1. The molecule has 0 aliphatic rings. The van der Waals surface area contributed by atoms with Crippen molar-refractivity contribution in [1.29, 1.82) is 5.26 Å². The maximum Gasteiger partial charge on any atom is 0.174 e. The molecule has 1 N–H and O–H groups in total. The van der Waals surface area contributed by atoms with Gasteiger partial charge in [-0.2, -0.15) is 17.0 Å². The quantitative estimate of drug-likeness (QED) is 0.792. The van der Waals surface area contributed by atoms with Gasteiger partial charge in [-0.15, -0.1) is 0 Å². The van der Waals surface area contributed by atoms with Crippen LogP contribution in [0.1, 0.15) is 31.9 Å². The Hall–Kier alpha value is -1.18. The summed E-state index contributed by atoms with van der Waals surface area (Å²) >= 11 is 1.90. The molecular weight excluding hydrogens is 256 g/mol. The van der Waals surface area contributed by atoms with Gasteiger partial charge in [-0.1, -0.05) is 19.1 Å². The van der Waals surface area contributed by atoms with Gasteiger partial charge in [0.1, 0.15) is 11.8 Å². The van der Waals surface area contributed by atoms with E-state index in [1.807, 2.05) is 42.1 Å². The van der Waals surface area contributed by atoms with E-state index in [9.17, 15) is 0 Å². The fraction of sp³-hybridized carbons (Fsp3) is 0.533. The lowest BCUT2D eigenvalue weighted by molar-refractivity contribution is 0.368. The lowest BCUT2D eigenvalue weighted by atomic mass is 10.1. The number of benzene rings is 1. The van der Waals surface area contributed by atoms with Crippen LogP contribution in [0.4, 0.5) is 0 Å². The van der Waals surface area contributed by atoms with Gasteiger partial charge in [0.15, 0.2) is 6.61 Å². The van der Waals surface area contributed by atoms with Crippen LogP contribution in [0.2, 0.25) is 0 Å². The normalized spacial score (nSPS) is 13.6. The van der Waals surface area contributed by atoms with Crippen LogP contribution in [0.3, 0.4) is 0 Å².